The van der Waals surface area contributed by atoms with Crippen molar-refractivity contribution in [2.75, 3.05) is 0 Å². The summed E-state index contributed by atoms with van der Waals surface area (Å²) in [6.07, 6.45) is 3.36. The van der Waals surface area contributed by atoms with Crippen molar-refractivity contribution in [3.05, 3.63) is 42.4 Å². The van der Waals surface area contributed by atoms with Gasteiger partial charge in [0.05, 0.1) is 18.2 Å². The van der Waals surface area contributed by atoms with Gasteiger partial charge in [0.25, 0.3) is 0 Å². The highest BCUT2D eigenvalue weighted by Gasteiger charge is 2.01. The number of aromatic amines is 1. The van der Waals surface area contributed by atoms with Gasteiger partial charge in [-0.15, -0.1) is 12.4 Å². The normalized spacial score (nSPS) is 9.33. The summed E-state index contributed by atoms with van der Waals surface area (Å²) in [7, 11) is 0. The van der Waals surface area contributed by atoms with E-state index in [1.54, 1.807) is 12.5 Å². The highest BCUT2D eigenvalue weighted by molar-refractivity contribution is 5.95. The molecule has 4 N–H and O–H groups in total. The zero-order chi connectivity index (χ0) is 9.97. The van der Waals surface area contributed by atoms with Crippen LogP contribution in [0, 0.1) is 5.41 Å². The fraction of sp³-hybridized carbons (Fsp3) is 0. The van der Waals surface area contributed by atoms with Crippen LogP contribution in [0.2, 0.25) is 0 Å². The molecular formula is C10H11ClN4. The Hall–Kier alpha value is -1.81. The Balaban J connectivity index is 0.00000112. The lowest BCUT2D eigenvalue weighted by atomic mass is 10.1. The van der Waals surface area contributed by atoms with Gasteiger partial charge in [-0.1, -0.05) is 18.2 Å². The topological polar surface area (TPSA) is 78.6 Å². The number of hydrogen-bond acceptors (Lipinski definition) is 2. The Morgan fingerprint density at radius 1 is 1.40 bits per heavy atom. The molecule has 2 rings (SSSR count). The number of halogens is 1. The maximum absolute atomic E-state index is 7.31. The second kappa shape index (κ2) is 4.61. The lowest BCUT2D eigenvalue weighted by Crippen LogP contribution is -2.10. The van der Waals surface area contributed by atoms with E-state index in [1.165, 1.54) is 0 Å². The van der Waals surface area contributed by atoms with E-state index < -0.39 is 0 Å². The Labute approximate surface area is 93.5 Å². The Kier molecular flexibility index (Phi) is 3.46. The second-order valence-electron chi connectivity index (χ2n) is 2.96. The highest BCUT2D eigenvalue weighted by Crippen LogP contribution is 2.16. The van der Waals surface area contributed by atoms with Crippen molar-refractivity contribution in [2.45, 2.75) is 0 Å². The van der Waals surface area contributed by atoms with Crippen LogP contribution >= 0.6 is 12.4 Å². The van der Waals surface area contributed by atoms with E-state index in [1.807, 2.05) is 24.3 Å². The van der Waals surface area contributed by atoms with Crippen LogP contribution in [0.3, 0.4) is 0 Å². The van der Waals surface area contributed by atoms with Gasteiger partial charge < -0.3 is 10.7 Å². The highest BCUT2D eigenvalue weighted by atomic mass is 35.5. The maximum Gasteiger partial charge on any atom is 0.122 e. The Bertz CT molecular complexity index is 450. The van der Waals surface area contributed by atoms with Crippen LogP contribution in [-0.4, -0.2) is 15.8 Å². The predicted octanol–water partition coefficient (Wildman–Crippen LogP) is 1.78. The number of amidine groups is 1. The third-order valence-electron chi connectivity index (χ3n) is 1.98. The molecule has 1 aromatic carbocycles. The molecule has 1 heterocycles. The molecule has 5 heteroatoms. The number of rotatable bonds is 2. The molecule has 1 aromatic heterocycles. The molecule has 4 nitrogen and oxygen atoms in total. The summed E-state index contributed by atoms with van der Waals surface area (Å²) in [6, 6.07) is 7.48. The summed E-state index contributed by atoms with van der Waals surface area (Å²) in [6.45, 7) is 0. The quantitative estimate of drug-likeness (QED) is 0.535. The molecule has 78 valence electrons. The van der Waals surface area contributed by atoms with Crippen molar-refractivity contribution in [1.29, 1.82) is 5.41 Å². The van der Waals surface area contributed by atoms with Gasteiger partial charge in [-0.3, -0.25) is 5.41 Å². The summed E-state index contributed by atoms with van der Waals surface area (Å²) in [5.41, 5.74) is 8.02. The molecule has 0 radical (unpaired) electrons. The number of H-pyrrole nitrogens is 1. The number of imidazole rings is 1. The van der Waals surface area contributed by atoms with E-state index in [4.69, 9.17) is 11.1 Å². The number of nitrogens with zero attached hydrogens (tertiary/aromatic N) is 1. The molecule has 0 aliphatic carbocycles. The molecule has 2 aromatic rings. The SMILES string of the molecule is Cl.N=C(N)c1cccc(-c2cnc[nH]2)c1. The molecule has 0 fully saturated rings. The standard InChI is InChI=1S/C10H10N4.ClH/c11-10(12)8-3-1-2-7(4-8)9-5-13-6-14-9;/h1-6H,(H3,11,12)(H,13,14);1H. The second-order valence-corrected chi connectivity index (χ2v) is 2.96. The summed E-state index contributed by atoms with van der Waals surface area (Å²) < 4.78 is 0. The molecule has 0 aliphatic heterocycles. The monoisotopic (exact) mass is 222 g/mol. The van der Waals surface area contributed by atoms with Crippen LogP contribution in [0.15, 0.2) is 36.8 Å². The minimum absolute atomic E-state index is 0. The largest absolute Gasteiger partial charge is 0.384 e. The first-order valence-electron chi connectivity index (χ1n) is 4.20. The molecule has 0 unspecified atom stereocenters. The average Bonchev–Trinajstić information content (AvgIpc) is 2.71. The van der Waals surface area contributed by atoms with E-state index in [9.17, 15) is 0 Å². The van der Waals surface area contributed by atoms with Crippen LogP contribution in [-0.2, 0) is 0 Å². The fourth-order valence-electron chi connectivity index (χ4n) is 1.27. The third-order valence-corrected chi connectivity index (χ3v) is 1.98. The number of benzene rings is 1. The summed E-state index contributed by atoms with van der Waals surface area (Å²) in [4.78, 5) is 6.93. The zero-order valence-corrected chi connectivity index (χ0v) is 8.71. The molecule has 0 bridgehead atoms. The van der Waals surface area contributed by atoms with Crippen molar-refractivity contribution < 1.29 is 0 Å². The molecule has 0 atom stereocenters. The number of nitrogens with two attached hydrogens (primary N) is 1. The van der Waals surface area contributed by atoms with Crippen LogP contribution in [0.25, 0.3) is 11.3 Å². The summed E-state index contributed by atoms with van der Waals surface area (Å²) in [5.74, 6) is 0.0753. The van der Waals surface area contributed by atoms with Gasteiger partial charge >= 0.3 is 0 Å². The molecule has 0 saturated carbocycles. The summed E-state index contributed by atoms with van der Waals surface area (Å²) >= 11 is 0. The van der Waals surface area contributed by atoms with Gasteiger partial charge in [-0.05, 0) is 6.07 Å². The fourth-order valence-corrected chi connectivity index (χ4v) is 1.27. The van der Waals surface area contributed by atoms with E-state index in [0.717, 1.165) is 16.8 Å². The van der Waals surface area contributed by atoms with Gasteiger partial charge in [-0.2, -0.15) is 0 Å². The van der Waals surface area contributed by atoms with Gasteiger partial charge in [0.15, 0.2) is 0 Å². The van der Waals surface area contributed by atoms with Gasteiger partial charge in [0.1, 0.15) is 5.84 Å². The molecule has 0 spiro atoms. The molecule has 0 amide bonds. The first kappa shape index (κ1) is 11.3. The van der Waals surface area contributed by atoms with Gasteiger partial charge in [0, 0.05) is 11.1 Å². The zero-order valence-electron chi connectivity index (χ0n) is 7.90. The smallest absolute Gasteiger partial charge is 0.122 e. The van der Waals surface area contributed by atoms with Gasteiger partial charge in [0.2, 0.25) is 0 Å². The number of nitrogen functional groups attached to an aromatic ring is 1. The van der Waals surface area contributed by atoms with Crippen molar-refractivity contribution in [1.82, 2.24) is 9.97 Å². The first-order chi connectivity index (χ1) is 6.77. The minimum atomic E-state index is 0. The molecule has 0 aliphatic rings. The number of aromatic nitrogens is 2. The number of nitrogens with one attached hydrogen (secondary N) is 2. The Morgan fingerprint density at radius 3 is 2.80 bits per heavy atom. The predicted molar refractivity (Wildman–Crippen MR) is 62.3 cm³/mol. The molecule has 0 saturated heterocycles. The van der Waals surface area contributed by atoms with E-state index >= 15 is 0 Å². The van der Waals surface area contributed by atoms with E-state index in [2.05, 4.69) is 9.97 Å². The lowest BCUT2D eigenvalue weighted by molar-refractivity contribution is 1.31. The lowest BCUT2D eigenvalue weighted by Gasteiger charge is -2.01. The van der Waals surface area contributed by atoms with Crippen molar-refractivity contribution >= 4 is 18.2 Å². The average molecular weight is 223 g/mol. The minimum Gasteiger partial charge on any atom is -0.384 e. The van der Waals surface area contributed by atoms with Crippen LogP contribution < -0.4 is 5.73 Å². The first-order valence-corrected chi connectivity index (χ1v) is 4.20. The van der Waals surface area contributed by atoms with Crippen molar-refractivity contribution in [3.8, 4) is 11.3 Å². The van der Waals surface area contributed by atoms with Crippen LogP contribution in [0.5, 0.6) is 0 Å². The van der Waals surface area contributed by atoms with Crippen molar-refractivity contribution in [2.24, 2.45) is 5.73 Å². The van der Waals surface area contributed by atoms with Gasteiger partial charge in [-0.25, -0.2) is 4.98 Å². The van der Waals surface area contributed by atoms with E-state index in [0.29, 0.717) is 0 Å². The molecule has 15 heavy (non-hydrogen) atoms. The third kappa shape index (κ3) is 2.35. The van der Waals surface area contributed by atoms with Crippen molar-refractivity contribution in [3.63, 3.8) is 0 Å². The maximum atomic E-state index is 7.31. The van der Waals surface area contributed by atoms with Crippen LogP contribution in [0.1, 0.15) is 5.56 Å². The molecular weight excluding hydrogens is 212 g/mol. The Morgan fingerprint density at radius 2 is 2.20 bits per heavy atom. The van der Waals surface area contributed by atoms with E-state index in [-0.39, 0.29) is 18.2 Å². The summed E-state index contributed by atoms with van der Waals surface area (Å²) in [5, 5.41) is 7.31. The van der Waals surface area contributed by atoms with Crippen LogP contribution in [0.4, 0.5) is 0 Å². The number of hydrogen-bond donors (Lipinski definition) is 3.